The molecular formula is C19H24Cl3HfP-2. The second kappa shape index (κ2) is 16.6. The largest absolute Gasteiger partial charge is 0.192 e. The molecule has 0 fully saturated rings. The Morgan fingerprint density at radius 2 is 1.42 bits per heavy atom. The van der Waals surface area contributed by atoms with Crippen LogP contribution in [0, 0.1) is 6.42 Å². The van der Waals surface area contributed by atoms with Crippen molar-refractivity contribution >= 4 is 55.9 Å². The van der Waals surface area contributed by atoms with E-state index < -0.39 is 0 Å². The molecule has 0 radical (unpaired) electrons. The van der Waals surface area contributed by atoms with Gasteiger partial charge in [-0.15, -0.1) is 86.9 Å². The average Bonchev–Trinajstić information content (AvgIpc) is 2.95. The van der Waals surface area contributed by atoms with Crippen LogP contribution in [0.1, 0.15) is 5.56 Å². The number of fused-ring (bicyclic) bond motifs is 1. The molecule has 0 aliphatic carbocycles. The van der Waals surface area contributed by atoms with E-state index in [4.69, 9.17) is 0 Å². The fraction of sp³-hybridized carbons (Fsp3) is 0.158. The second-order valence-electron chi connectivity index (χ2n) is 5.03. The second-order valence-corrected chi connectivity index (χ2v) is 7.56. The molecule has 0 amide bonds. The monoisotopic (exact) mass is 568 g/mol. The predicted octanol–water partition coefficient (Wildman–Crippen LogP) is 6.80. The summed E-state index contributed by atoms with van der Waals surface area (Å²) >= 11 is 0. The molecule has 0 aliphatic heterocycles. The Bertz CT molecular complexity index is 596. The van der Waals surface area contributed by atoms with Crippen LogP contribution in [0.25, 0.3) is 10.8 Å². The third-order valence-electron chi connectivity index (χ3n) is 3.04. The van der Waals surface area contributed by atoms with Crippen LogP contribution in [0.2, 0.25) is 0 Å². The van der Waals surface area contributed by atoms with Crippen LogP contribution in [0.4, 0.5) is 0 Å². The zero-order valence-electron chi connectivity index (χ0n) is 13.9. The van der Waals surface area contributed by atoms with Crippen LogP contribution < -0.4 is 0 Å². The van der Waals surface area contributed by atoms with E-state index in [1.807, 2.05) is 0 Å². The summed E-state index contributed by atoms with van der Waals surface area (Å²) in [6, 6.07) is 25.2. The first-order valence-electron chi connectivity index (χ1n) is 6.89. The Kier molecular flexibility index (Phi) is 19.9. The zero-order chi connectivity index (χ0) is 14.2. The molecule has 0 N–H and O–H groups in total. The smallest absolute Gasteiger partial charge is 0 e. The van der Waals surface area contributed by atoms with Gasteiger partial charge in [0.2, 0.25) is 0 Å². The summed E-state index contributed by atoms with van der Waals surface area (Å²) in [7, 11) is 0.220. The summed E-state index contributed by atoms with van der Waals surface area (Å²) in [4.78, 5) is 0. The summed E-state index contributed by atoms with van der Waals surface area (Å²) in [5, 5.41) is 2.66. The van der Waals surface area contributed by atoms with Gasteiger partial charge < -0.3 is 0 Å². The third kappa shape index (κ3) is 10.9. The Hall–Kier alpha value is 0.0901. The molecule has 24 heavy (non-hydrogen) atoms. The number of hydrogen-bond donors (Lipinski definition) is 0. The molecule has 3 aromatic rings. The molecule has 3 rings (SSSR count). The molecule has 0 saturated heterocycles. The van der Waals surface area contributed by atoms with E-state index in [-0.39, 0.29) is 71.0 Å². The van der Waals surface area contributed by atoms with Crippen molar-refractivity contribution in [3.63, 3.8) is 0 Å². The van der Waals surface area contributed by atoms with Gasteiger partial charge in [0, 0.05) is 25.8 Å². The summed E-state index contributed by atoms with van der Waals surface area (Å²) in [5.74, 6) is 0. The van der Waals surface area contributed by atoms with Gasteiger partial charge in [-0.3, -0.25) is 0 Å². The van der Waals surface area contributed by atoms with E-state index in [9.17, 15) is 0 Å². The molecule has 132 valence electrons. The maximum absolute atomic E-state index is 2.31. The number of rotatable bonds is 3. The van der Waals surface area contributed by atoms with Gasteiger partial charge in [0.1, 0.15) is 0 Å². The Morgan fingerprint density at radius 3 is 2.00 bits per heavy atom. The topological polar surface area (TPSA) is 0 Å². The molecule has 0 atom stereocenters. The summed E-state index contributed by atoms with van der Waals surface area (Å²) in [6.45, 7) is 4.60. The van der Waals surface area contributed by atoms with Crippen molar-refractivity contribution in [2.75, 3.05) is 19.5 Å². The molecule has 0 bridgehead atoms. The Labute approximate surface area is 184 Å². The molecule has 0 unspecified atom stereocenters. The van der Waals surface area contributed by atoms with E-state index in [0.29, 0.717) is 0 Å². The average molecular weight is 568 g/mol. The van der Waals surface area contributed by atoms with E-state index in [0.717, 1.165) is 0 Å². The molecule has 0 aliphatic rings. The van der Waals surface area contributed by atoms with Crippen LogP contribution >= 0.6 is 45.1 Å². The Morgan fingerprint density at radius 1 is 0.833 bits per heavy atom. The van der Waals surface area contributed by atoms with Crippen LogP contribution in [-0.2, 0) is 25.8 Å². The van der Waals surface area contributed by atoms with Crippen LogP contribution in [0.5, 0.6) is 0 Å². The molecule has 0 nitrogen and oxygen atoms in total. The molecule has 0 spiro atoms. The first-order chi connectivity index (χ1) is 9.75. The quantitative estimate of drug-likeness (QED) is 0.185. The summed E-state index contributed by atoms with van der Waals surface area (Å²) < 4.78 is 0. The minimum absolute atomic E-state index is 0. The van der Waals surface area contributed by atoms with Gasteiger partial charge in [-0.2, -0.15) is 41.6 Å². The molecule has 3 aromatic carbocycles. The minimum atomic E-state index is 0. The normalized spacial score (nSPS) is 8.46. The third-order valence-corrected chi connectivity index (χ3v) is 3.95. The maximum atomic E-state index is 2.31. The van der Waals surface area contributed by atoms with Crippen LogP contribution in [0.15, 0.2) is 72.8 Å². The van der Waals surface area contributed by atoms with Gasteiger partial charge in [0.25, 0.3) is 0 Å². The van der Waals surface area contributed by atoms with Crippen molar-refractivity contribution in [1.29, 1.82) is 0 Å². The van der Waals surface area contributed by atoms with Gasteiger partial charge in [-0.1, -0.05) is 18.3 Å². The fourth-order valence-electron chi connectivity index (χ4n) is 1.95. The number of benzene rings is 2. The molecule has 0 saturated carbocycles. The van der Waals surface area contributed by atoms with Gasteiger partial charge >= 0.3 is 0 Å². The number of hydrogen-bond acceptors (Lipinski definition) is 0. The predicted molar refractivity (Wildman–Crippen MR) is 115 cm³/mol. The standard InChI is InChI=1S/C10H14P.C9H7.3ClH.Hf/c1-11(2)9-8-10-6-4-3-5-7-10;1-2-5-9-7-3-6-8(9)4-1;;;;/h3-8H,9H2,1-2H3;1-7H;3*1H;/q2*-1;;;;. The van der Waals surface area contributed by atoms with Gasteiger partial charge in [-0.25, -0.2) is 0 Å². The first-order valence-corrected chi connectivity index (χ1v) is 9.31. The van der Waals surface area contributed by atoms with Crippen LogP contribution in [-0.4, -0.2) is 19.5 Å². The summed E-state index contributed by atoms with van der Waals surface area (Å²) in [5.41, 5.74) is 1.35. The summed E-state index contributed by atoms with van der Waals surface area (Å²) in [6.07, 6.45) is 3.55. The number of halogens is 3. The fourth-order valence-corrected chi connectivity index (χ4v) is 2.52. The van der Waals surface area contributed by atoms with E-state index in [2.05, 4.69) is 92.5 Å². The van der Waals surface area contributed by atoms with Crippen molar-refractivity contribution in [3.05, 3.63) is 84.8 Å². The van der Waals surface area contributed by atoms with Crippen molar-refractivity contribution in [2.24, 2.45) is 0 Å². The van der Waals surface area contributed by atoms with E-state index in [1.54, 1.807) is 0 Å². The zero-order valence-corrected chi connectivity index (χ0v) is 20.8. The van der Waals surface area contributed by atoms with Gasteiger partial charge in [0.15, 0.2) is 0 Å². The van der Waals surface area contributed by atoms with Gasteiger partial charge in [0.05, 0.1) is 0 Å². The SMILES string of the molecule is CP(C)C[CH-]c1ccccc1.Cl.Cl.Cl.[Hf].c1ccc2[cH-]ccc2c1. The first kappa shape index (κ1) is 28.9. The molecule has 0 heterocycles. The van der Waals surface area contributed by atoms with Crippen molar-refractivity contribution in [3.8, 4) is 0 Å². The maximum Gasteiger partial charge on any atom is 0 e. The Balaban J connectivity index is -0.000000318. The van der Waals surface area contributed by atoms with Crippen LogP contribution in [0.3, 0.4) is 0 Å². The van der Waals surface area contributed by atoms with Gasteiger partial charge in [-0.05, 0) is 13.3 Å². The van der Waals surface area contributed by atoms with E-state index in [1.165, 1.54) is 22.5 Å². The minimum Gasteiger partial charge on any atom is -0.192 e. The molecule has 0 aromatic heterocycles. The van der Waals surface area contributed by atoms with Crippen molar-refractivity contribution in [1.82, 2.24) is 0 Å². The molecule has 5 heteroatoms. The molecular weight excluding hydrogens is 544 g/mol. The van der Waals surface area contributed by atoms with Crippen molar-refractivity contribution < 1.29 is 25.8 Å². The van der Waals surface area contributed by atoms with E-state index >= 15 is 0 Å². The van der Waals surface area contributed by atoms with Crippen molar-refractivity contribution in [2.45, 2.75) is 0 Å².